The number of carbonyl (C=O) groups is 2. The summed E-state index contributed by atoms with van der Waals surface area (Å²) in [6.45, 7) is 7.43. The van der Waals surface area contributed by atoms with Crippen LogP contribution in [0.3, 0.4) is 0 Å². The van der Waals surface area contributed by atoms with Crippen molar-refractivity contribution in [2.24, 2.45) is 11.8 Å². The van der Waals surface area contributed by atoms with E-state index in [1.54, 1.807) is 6.92 Å². The van der Waals surface area contributed by atoms with Crippen LogP contribution in [-0.2, 0) is 23.8 Å². The number of carboxylic acid groups (broad SMARTS) is 1. The van der Waals surface area contributed by atoms with Crippen LogP contribution in [0.5, 0.6) is 0 Å². The number of aliphatic hydroxyl groups is 1. The van der Waals surface area contributed by atoms with E-state index in [2.05, 4.69) is 0 Å². The zero-order chi connectivity index (χ0) is 21.6. The molecule has 0 aromatic heterocycles. The van der Waals surface area contributed by atoms with Crippen LogP contribution in [-0.4, -0.2) is 58.8 Å². The first kappa shape index (κ1) is 24.1. The highest BCUT2D eigenvalue weighted by Gasteiger charge is 2.37. The van der Waals surface area contributed by atoms with Crippen LogP contribution in [0.2, 0.25) is 0 Å². The maximum atomic E-state index is 12.6. The normalized spacial score (nSPS) is 31.2. The zero-order valence-corrected chi connectivity index (χ0v) is 18.2. The molecule has 0 saturated carbocycles. The third-order valence-electron chi connectivity index (χ3n) is 6.43. The van der Waals surface area contributed by atoms with Crippen molar-refractivity contribution in [1.82, 2.24) is 0 Å². The molecule has 7 nitrogen and oxygen atoms in total. The third kappa shape index (κ3) is 6.93. The van der Waals surface area contributed by atoms with Crippen LogP contribution in [0.15, 0.2) is 0 Å². The van der Waals surface area contributed by atoms with Crippen molar-refractivity contribution in [3.63, 3.8) is 0 Å². The Labute approximate surface area is 174 Å². The molecule has 7 heteroatoms. The van der Waals surface area contributed by atoms with Crippen LogP contribution >= 0.6 is 0 Å². The molecule has 168 valence electrons. The molecule has 2 fully saturated rings. The second-order valence-electron chi connectivity index (χ2n) is 8.66. The Kier molecular flexibility index (Phi) is 9.37. The van der Waals surface area contributed by atoms with E-state index in [1.807, 2.05) is 20.8 Å². The number of rotatable bonds is 11. The van der Waals surface area contributed by atoms with Crippen LogP contribution in [0.1, 0.15) is 79.1 Å². The fraction of sp³-hybridized carbons (Fsp3) is 0.909. The van der Waals surface area contributed by atoms with Gasteiger partial charge in [-0.3, -0.25) is 9.59 Å². The van der Waals surface area contributed by atoms with Gasteiger partial charge >= 0.3 is 11.9 Å². The number of ether oxygens (including phenoxy) is 3. The minimum Gasteiger partial charge on any atom is -0.481 e. The topological polar surface area (TPSA) is 102 Å². The number of carboxylic acids is 1. The maximum Gasteiger partial charge on any atom is 0.311 e. The molecule has 0 aliphatic carbocycles. The summed E-state index contributed by atoms with van der Waals surface area (Å²) in [5, 5.41) is 19.0. The van der Waals surface area contributed by atoms with Gasteiger partial charge in [0.15, 0.2) is 0 Å². The standard InChI is InChI=1S/C22H38O7/c1-5-15(23)11-17-7-10-20(27-17)14(4)22(26)29-16(6-2)12-18-8-9-19(28-18)13(3)21(24)25/h13-20,23H,5-12H2,1-4H3,(H,24,25). The molecule has 2 heterocycles. The van der Waals surface area contributed by atoms with Crippen LogP contribution < -0.4 is 0 Å². The molecule has 0 spiro atoms. The SMILES string of the molecule is CCC(O)CC1CCC(C(C)C(=O)OC(CC)CC2CCC(C(C)C(=O)O)O2)O1. The first-order chi connectivity index (χ1) is 13.7. The number of esters is 1. The van der Waals surface area contributed by atoms with Gasteiger partial charge in [0.25, 0.3) is 0 Å². The minimum atomic E-state index is -0.843. The fourth-order valence-electron chi connectivity index (χ4n) is 4.19. The molecule has 2 aliphatic rings. The number of hydrogen-bond acceptors (Lipinski definition) is 6. The highest BCUT2D eigenvalue weighted by atomic mass is 16.6. The molecule has 0 amide bonds. The lowest BCUT2D eigenvalue weighted by atomic mass is 10.00. The fourth-order valence-corrected chi connectivity index (χ4v) is 4.19. The lowest BCUT2D eigenvalue weighted by Gasteiger charge is -2.25. The highest BCUT2D eigenvalue weighted by molar-refractivity contribution is 5.73. The zero-order valence-electron chi connectivity index (χ0n) is 18.2. The molecule has 2 saturated heterocycles. The molecule has 2 aliphatic heterocycles. The predicted octanol–water partition coefficient (Wildman–Crippen LogP) is 3.31. The lowest BCUT2D eigenvalue weighted by Crippen LogP contribution is -2.33. The quantitative estimate of drug-likeness (QED) is 0.500. The number of hydrogen-bond donors (Lipinski definition) is 2. The van der Waals surface area contributed by atoms with Crippen molar-refractivity contribution in [3.05, 3.63) is 0 Å². The van der Waals surface area contributed by atoms with Gasteiger partial charge in [-0.15, -0.1) is 0 Å². The Balaban J connectivity index is 1.78. The molecular formula is C22H38O7. The van der Waals surface area contributed by atoms with Crippen LogP contribution in [0, 0.1) is 11.8 Å². The molecule has 8 atom stereocenters. The van der Waals surface area contributed by atoms with E-state index in [1.165, 1.54) is 0 Å². The molecule has 0 aromatic rings. The molecule has 0 radical (unpaired) electrons. The van der Waals surface area contributed by atoms with Gasteiger partial charge in [-0.2, -0.15) is 0 Å². The lowest BCUT2D eigenvalue weighted by molar-refractivity contribution is -0.160. The monoisotopic (exact) mass is 414 g/mol. The van der Waals surface area contributed by atoms with E-state index in [-0.39, 0.29) is 48.5 Å². The minimum absolute atomic E-state index is 0.00668. The number of aliphatic hydroxyl groups excluding tert-OH is 1. The van der Waals surface area contributed by atoms with Gasteiger partial charge in [0.1, 0.15) is 6.10 Å². The summed E-state index contributed by atoms with van der Waals surface area (Å²) < 4.78 is 17.6. The molecule has 0 bridgehead atoms. The molecule has 2 N–H and O–H groups in total. The summed E-state index contributed by atoms with van der Waals surface area (Å²) in [6, 6.07) is 0. The summed E-state index contributed by atoms with van der Waals surface area (Å²) in [7, 11) is 0. The van der Waals surface area contributed by atoms with Gasteiger partial charge in [-0.25, -0.2) is 0 Å². The summed E-state index contributed by atoms with van der Waals surface area (Å²) in [4.78, 5) is 23.8. The molecular weight excluding hydrogens is 376 g/mol. The Morgan fingerprint density at radius 2 is 1.48 bits per heavy atom. The summed E-state index contributed by atoms with van der Waals surface area (Å²) in [5.41, 5.74) is 0. The van der Waals surface area contributed by atoms with Crippen molar-refractivity contribution in [2.75, 3.05) is 0 Å². The summed E-state index contributed by atoms with van der Waals surface area (Å²) in [6.07, 6.45) is 4.66. The van der Waals surface area contributed by atoms with Crippen molar-refractivity contribution in [2.45, 2.75) is 116 Å². The summed E-state index contributed by atoms with van der Waals surface area (Å²) >= 11 is 0. The van der Waals surface area contributed by atoms with E-state index >= 15 is 0 Å². The average Bonchev–Trinajstić information content (AvgIpc) is 3.35. The smallest absolute Gasteiger partial charge is 0.311 e. The van der Waals surface area contributed by atoms with Crippen molar-refractivity contribution in [1.29, 1.82) is 0 Å². The van der Waals surface area contributed by atoms with E-state index < -0.39 is 11.9 Å². The number of aliphatic carboxylic acids is 1. The van der Waals surface area contributed by atoms with Crippen molar-refractivity contribution >= 4 is 11.9 Å². The van der Waals surface area contributed by atoms with E-state index in [4.69, 9.17) is 19.3 Å². The third-order valence-corrected chi connectivity index (χ3v) is 6.43. The Morgan fingerprint density at radius 3 is 2.00 bits per heavy atom. The van der Waals surface area contributed by atoms with E-state index in [0.29, 0.717) is 25.7 Å². The molecule has 2 rings (SSSR count). The Hall–Kier alpha value is -1.18. The van der Waals surface area contributed by atoms with Gasteiger partial charge < -0.3 is 24.4 Å². The molecule has 8 unspecified atom stereocenters. The Morgan fingerprint density at radius 1 is 0.931 bits per heavy atom. The second kappa shape index (κ2) is 11.3. The van der Waals surface area contributed by atoms with Crippen molar-refractivity contribution < 1.29 is 34.0 Å². The first-order valence-corrected chi connectivity index (χ1v) is 11.2. The van der Waals surface area contributed by atoms with E-state index in [9.17, 15) is 14.7 Å². The van der Waals surface area contributed by atoms with Crippen LogP contribution in [0.25, 0.3) is 0 Å². The van der Waals surface area contributed by atoms with Gasteiger partial charge in [-0.1, -0.05) is 13.8 Å². The largest absolute Gasteiger partial charge is 0.481 e. The van der Waals surface area contributed by atoms with Gasteiger partial charge in [0.05, 0.1) is 42.4 Å². The second-order valence-corrected chi connectivity index (χ2v) is 8.66. The number of carbonyl (C=O) groups excluding carboxylic acids is 1. The van der Waals surface area contributed by atoms with E-state index in [0.717, 1.165) is 25.7 Å². The Bertz CT molecular complexity index is 537. The maximum absolute atomic E-state index is 12.6. The summed E-state index contributed by atoms with van der Waals surface area (Å²) in [5.74, 6) is -1.98. The van der Waals surface area contributed by atoms with Gasteiger partial charge in [-0.05, 0) is 58.8 Å². The first-order valence-electron chi connectivity index (χ1n) is 11.2. The van der Waals surface area contributed by atoms with Crippen LogP contribution in [0.4, 0.5) is 0 Å². The predicted molar refractivity (Wildman–Crippen MR) is 107 cm³/mol. The van der Waals surface area contributed by atoms with Gasteiger partial charge in [0, 0.05) is 6.42 Å². The van der Waals surface area contributed by atoms with Gasteiger partial charge in [0.2, 0.25) is 0 Å². The average molecular weight is 415 g/mol. The molecule has 0 aromatic carbocycles. The highest BCUT2D eigenvalue weighted by Crippen LogP contribution is 2.31. The molecule has 29 heavy (non-hydrogen) atoms. The van der Waals surface area contributed by atoms with Crippen molar-refractivity contribution in [3.8, 4) is 0 Å².